The van der Waals surface area contributed by atoms with Crippen molar-refractivity contribution >= 4 is 33.2 Å². The van der Waals surface area contributed by atoms with Gasteiger partial charge in [-0.1, -0.05) is 43.3 Å². The highest BCUT2D eigenvalue weighted by atomic mass is 32.2. The Balaban J connectivity index is 2.12. The first-order valence-corrected chi connectivity index (χ1v) is 15.2. The summed E-state index contributed by atoms with van der Waals surface area (Å²) in [5.74, 6) is -0.526. The van der Waals surface area contributed by atoms with Crippen molar-refractivity contribution in [2.45, 2.75) is 64.1 Å². The molecule has 0 aliphatic carbocycles. The molecule has 43 heavy (non-hydrogen) atoms. The highest BCUT2D eigenvalue weighted by Gasteiger charge is 2.35. The number of methoxy groups -OCH3 is 1. The maximum Gasteiger partial charge on any atom is 0.273 e. The van der Waals surface area contributed by atoms with E-state index in [2.05, 4.69) is 5.32 Å². The van der Waals surface area contributed by atoms with E-state index in [-0.39, 0.29) is 35.1 Å². The van der Waals surface area contributed by atoms with Crippen molar-refractivity contribution in [3.63, 3.8) is 0 Å². The van der Waals surface area contributed by atoms with Gasteiger partial charge >= 0.3 is 0 Å². The molecule has 230 valence electrons. The average molecular weight is 611 g/mol. The molecule has 0 heterocycles. The van der Waals surface area contributed by atoms with Gasteiger partial charge in [-0.2, -0.15) is 0 Å². The second-order valence-electron chi connectivity index (χ2n) is 11.1. The van der Waals surface area contributed by atoms with Gasteiger partial charge in [-0.25, -0.2) is 8.42 Å². The number of hydrogen-bond donors (Lipinski definition) is 1. The van der Waals surface area contributed by atoms with Crippen LogP contribution in [0.4, 0.5) is 11.4 Å². The zero-order chi connectivity index (χ0) is 31.9. The van der Waals surface area contributed by atoms with Crippen molar-refractivity contribution < 1.29 is 27.7 Å². The van der Waals surface area contributed by atoms with Crippen LogP contribution in [0.2, 0.25) is 0 Å². The summed E-state index contributed by atoms with van der Waals surface area (Å²) in [7, 11) is -3.02. The maximum atomic E-state index is 14.1. The van der Waals surface area contributed by atoms with E-state index in [9.17, 15) is 28.1 Å². The lowest BCUT2D eigenvalue weighted by atomic mass is 10.1. The first-order chi connectivity index (χ1) is 20.2. The molecule has 0 saturated carbocycles. The van der Waals surface area contributed by atoms with E-state index in [1.54, 1.807) is 19.1 Å². The van der Waals surface area contributed by atoms with E-state index in [1.165, 1.54) is 43.2 Å². The SMILES string of the molecule is CCC(C(=O)NC(C)(C)C)N(Cc1ccccc1)C(=O)CN(c1ccc(OC)cc1)S(=O)(=O)c1ccc(C)c([N+](=O)[O-])c1. The van der Waals surface area contributed by atoms with E-state index < -0.39 is 39.0 Å². The Morgan fingerprint density at radius 2 is 1.65 bits per heavy atom. The number of rotatable bonds is 12. The minimum atomic E-state index is -4.49. The van der Waals surface area contributed by atoms with E-state index in [0.29, 0.717) is 11.3 Å². The molecule has 0 aromatic heterocycles. The highest BCUT2D eigenvalue weighted by Crippen LogP contribution is 2.29. The van der Waals surface area contributed by atoms with Gasteiger partial charge in [-0.3, -0.25) is 24.0 Å². The molecule has 0 aliphatic rings. The normalized spacial score (nSPS) is 12.2. The number of anilines is 1. The van der Waals surface area contributed by atoms with Crippen molar-refractivity contribution in [2.75, 3.05) is 18.0 Å². The van der Waals surface area contributed by atoms with Crippen LogP contribution in [0.3, 0.4) is 0 Å². The molecular weight excluding hydrogens is 572 g/mol. The molecule has 2 amide bonds. The topological polar surface area (TPSA) is 139 Å². The Morgan fingerprint density at radius 3 is 2.19 bits per heavy atom. The number of nitrogens with one attached hydrogen (secondary N) is 1. The van der Waals surface area contributed by atoms with Crippen LogP contribution in [0.1, 0.15) is 45.2 Å². The smallest absolute Gasteiger partial charge is 0.273 e. The lowest BCUT2D eigenvalue weighted by Gasteiger charge is -2.34. The zero-order valence-electron chi connectivity index (χ0n) is 25.2. The van der Waals surface area contributed by atoms with Crippen molar-refractivity contribution in [3.05, 3.63) is 94.0 Å². The summed E-state index contributed by atoms with van der Waals surface area (Å²) in [4.78, 5) is 39.5. The fraction of sp³-hybridized carbons (Fsp3) is 0.355. The first kappa shape index (κ1) is 33.1. The van der Waals surface area contributed by atoms with Gasteiger partial charge in [0, 0.05) is 23.7 Å². The molecule has 1 unspecified atom stereocenters. The maximum absolute atomic E-state index is 14.1. The lowest BCUT2D eigenvalue weighted by molar-refractivity contribution is -0.385. The molecular formula is C31H38N4O7S. The molecule has 0 aliphatic heterocycles. The number of nitro benzene ring substituents is 1. The molecule has 12 heteroatoms. The number of ether oxygens (including phenoxy) is 1. The molecule has 0 bridgehead atoms. The van der Waals surface area contributed by atoms with Gasteiger partial charge < -0.3 is 15.0 Å². The molecule has 3 rings (SSSR count). The van der Waals surface area contributed by atoms with Crippen LogP contribution in [0.25, 0.3) is 0 Å². The number of hydrogen-bond acceptors (Lipinski definition) is 7. The molecule has 3 aromatic carbocycles. The summed E-state index contributed by atoms with van der Waals surface area (Å²) >= 11 is 0. The summed E-state index contributed by atoms with van der Waals surface area (Å²) in [6.45, 7) is 8.18. The molecule has 0 fully saturated rings. The van der Waals surface area contributed by atoms with Gasteiger partial charge in [-0.15, -0.1) is 0 Å². The molecule has 0 radical (unpaired) electrons. The largest absolute Gasteiger partial charge is 0.497 e. The van der Waals surface area contributed by atoms with Crippen LogP contribution < -0.4 is 14.4 Å². The van der Waals surface area contributed by atoms with Crippen LogP contribution >= 0.6 is 0 Å². The number of sulfonamides is 1. The van der Waals surface area contributed by atoms with E-state index in [1.807, 2.05) is 51.1 Å². The Kier molecular flexibility index (Phi) is 10.5. The number of nitrogens with zero attached hydrogens (tertiary/aromatic N) is 3. The van der Waals surface area contributed by atoms with Gasteiger partial charge in [0.25, 0.3) is 15.7 Å². The van der Waals surface area contributed by atoms with Gasteiger partial charge in [0.05, 0.1) is 22.6 Å². The van der Waals surface area contributed by atoms with Gasteiger partial charge in [0.1, 0.15) is 18.3 Å². The molecule has 1 N–H and O–H groups in total. The number of amides is 2. The van der Waals surface area contributed by atoms with Crippen LogP contribution in [0.15, 0.2) is 77.7 Å². The summed E-state index contributed by atoms with van der Waals surface area (Å²) in [5.41, 5.74) is 0.262. The van der Waals surface area contributed by atoms with Crippen molar-refractivity contribution in [3.8, 4) is 5.75 Å². The minimum absolute atomic E-state index is 0.0578. The summed E-state index contributed by atoms with van der Waals surface area (Å²) < 4.78 is 34.3. The summed E-state index contributed by atoms with van der Waals surface area (Å²) in [6, 6.07) is 17.9. The number of benzene rings is 3. The van der Waals surface area contributed by atoms with Crippen molar-refractivity contribution in [2.24, 2.45) is 0 Å². The Bertz CT molecular complexity index is 1550. The molecule has 0 spiro atoms. The standard InChI is InChI=1S/C31H38N4O7S/c1-7-27(30(37)32-31(3,4)5)33(20-23-11-9-8-10-12-23)29(36)21-34(24-14-16-25(42-6)17-15-24)43(40,41)26-18-13-22(2)28(19-26)35(38)39/h8-19,27H,7,20-21H2,1-6H3,(H,32,37). The second-order valence-corrected chi connectivity index (χ2v) is 12.9. The lowest BCUT2D eigenvalue weighted by Crippen LogP contribution is -2.55. The monoisotopic (exact) mass is 610 g/mol. The van der Waals surface area contributed by atoms with Crippen LogP contribution in [-0.4, -0.2) is 55.3 Å². The Hall–Kier alpha value is -4.45. The highest BCUT2D eigenvalue weighted by molar-refractivity contribution is 7.92. The van der Waals surface area contributed by atoms with Crippen LogP contribution in [-0.2, 0) is 26.2 Å². The zero-order valence-corrected chi connectivity index (χ0v) is 26.1. The predicted octanol–water partition coefficient (Wildman–Crippen LogP) is 4.83. The van der Waals surface area contributed by atoms with Gasteiger partial charge in [0.15, 0.2) is 0 Å². The van der Waals surface area contributed by atoms with E-state index in [4.69, 9.17) is 4.74 Å². The third-order valence-electron chi connectivity index (χ3n) is 6.68. The third-order valence-corrected chi connectivity index (χ3v) is 8.45. The van der Waals surface area contributed by atoms with Gasteiger partial charge in [0.2, 0.25) is 11.8 Å². The molecule has 3 aromatic rings. The van der Waals surface area contributed by atoms with E-state index >= 15 is 0 Å². The second kappa shape index (κ2) is 13.7. The quantitative estimate of drug-likeness (QED) is 0.229. The summed E-state index contributed by atoms with van der Waals surface area (Å²) in [6.07, 6.45) is 0.278. The molecule has 0 saturated heterocycles. The summed E-state index contributed by atoms with van der Waals surface area (Å²) in [5, 5.41) is 14.5. The number of nitro groups is 1. The fourth-order valence-electron chi connectivity index (χ4n) is 4.50. The molecule has 1 atom stereocenters. The Labute approximate surface area is 252 Å². The van der Waals surface area contributed by atoms with Crippen molar-refractivity contribution in [1.82, 2.24) is 10.2 Å². The number of carbonyl (C=O) groups excluding carboxylic acids is 2. The number of carbonyl (C=O) groups is 2. The van der Waals surface area contributed by atoms with Crippen molar-refractivity contribution in [1.29, 1.82) is 0 Å². The number of aryl methyl sites for hydroxylation is 1. The van der Waals surface area contributed by atoms with Gasteiger partial charge in [-0.05, 0) is 70.0 Å². The van der Waals surface area contributed by atoms with Crippen LogP contribution in [0.5, 0.6) is 5.75 Å². The minimum Gasteiger partial charge on any atom is -0.497 e. The third kappa shape index (κ3) is 8.31. The van der Waals surface area contributed by atoms with E-state index in [0.717, 1.165) is 15.9 Å². The fourth-order valence-corrected chi connectivity index (χ4v) is 5.94. The predicted molar refractivity (Wildman–Crippen MR) is 164 cm³/mol. The first-order valence-electron chi connectivity index (χ1n) is 13.7. The Morgan fingerprint density at radius 1 is 1.02 bits per heavy atom. The average Bonchev–Trinajstić information content (AvgIpc) is 2.95. The van der Waals surface area contributed by atoms with Crippen LogP contribution in [0, 0.1) is 17.0 Å². The molecule has 11 nitrogen and oxygen atoms in total.